The lowest BCUT2D eigenvalue weighted by molar-refractivity contribution is -0.143. The third kappa shape index (κ3) is 5.02. The molecular formula is C26H30FN3O3. The molecule has 0 unspecified atom stereocenters. The van der Waals surface area contributed by atoms with Crippen LogP contribution in [0, 0.1) is 5.82 Å². The minimum atomic E-state index is -0.312. The topological polar surface area (TPSA) is 63.6 Å². The predicted octanol–water partition coefficient (Wildman–Crippen LogP) is 4.08. The Balaban J connectivity index is 1.49. The summed E-state index contributed by atoms with van der Waals surface area (Å²) in [6.07, 6.45) is 2.87. The molecule has 0 spiro atoms. The van der Waals surface area contributed by atoms with Crippen LogP contribution >= 0.6 is 0 Å². The molecule has 1 atom stereocenters. The van der Waals surface area contributed by atoms with Crippen molar-refractivity contribution in [3.05, 3.63) is 71.2 Å². The number of carbonyl (C=O) groups is 2. The number of nitrogens with zero attached hydrogens (tertiary/aromatic N) is 2. The first-order chi connectivity index (χ1) is 16.0. The van der Waals surface area contributed by atoms with E-state index in [9.17, 15) is 14.0 Å². The van der Waals surface area contributed by atoms with E-state index in [-0.39, 0.29) is 30.4 Å². The van der Waals surface area contributed by atoms with Crippen LogP contribution in [0.1, 0.15) is 30.2 Å². The van der Waals surface area contributed by atoms with Crippen molar-refractivity contribution >= 4 is 22.9 Å². The molecule has 6 nitrogen and oxygen atoms in total. The first kappa shape index (κ1) is 22.8. The molecule has 1 aliphatic rings. The zero-order valence-corrected chi connectivity index (χ0v) is 19.1. The maximum Gasteiger partial charge on any atom is 0.325 e. The lowest BCUT2D eigenvalue weighted by Gasteiger charge is -2.32. The number of nitrogens with one attached hydrogen (secondary N) is 1. The maximum atomic E-state index is 14.1. The van der Waals surface area contributed by atoms with Crippen molar-refractivity contribution in [1.29, 1.82) is 0 Å². The Hall–Kier alpha value is -3.35. The molecule has 1 aromatic heterocycles. The van der Waals surface area contributed by atoms with Gasteiger partial charge in [0.25, 0.3) is 0 Å². The minimum absolute atomic E-state index is 0.000800. The van der Waals surface area contributed by atoms with Crippen LogP contribution < -0.4 is 5.32 Å². The van der Waals surface area contributed by atoms with Crippen LogP contribution in [0.3, 0.4) is 0 Å². The standard InChI is InChI=1S/C26H30FN3O3/c1-3-33-25(31)17-30-23-11-9-19(27)15-21(23)22-16-20(10-12-24(22)30)29(2)26(32)28-14-13-18-7-5-4-6-8-18/h4-9,11,15,20H,3,10,12-14,16-17H2,1-2H3,(H,28,32)/t20-/m0/s1. The maximum absolute atomic E-state index is 14.1. The molecular weight excluding hydrogens is 421 g/mol. The second-order valence-electron chi connectivity index (χ2n) is 8.45. The lowest BCUT2D eigenvalue weighted by Crippen LogP contribution is -2.46. The molecule has 33 heavy (non-hydrogen) atoms. The Morgan fingerprint density at radius 2 is 2.00 bits per heavy atom. The van der Waals surface area contributed by atoms with E-state index in [1.165, 1.54) is 17.7 Å². The molecule has 2 aromatic carbocycles. The fourth-order valence-corrected chi connectivity index (χ4v) is 4.70. The monoisotopic (exact) mass is 451 g/mol. The number of halogens is 1. The molecule has 0 aliphatic heterocycles. The number of carbonyl (C=O) groups excluding carboxylic acids is 2. The highest BCUT2D eigenvalue weighted by Crippen LogP contribution is 2.34. The summed E-state index contributed by atoms with van der Waals surface area (Å²) in [6, 6.07) is 14.6. The third-order valence-corrected chi connectivity index (χ3v) is 6.40. The van der Waals surface area contributed by atoms with Gasteiger partial charge in [0.1, 0.15) is 12.4 Å². The Labute approximate surface area is 193 Å². The normalized spacial score (nSPS) is 15.2. The number of hydrogen-bond acceptors (Lipinski definition) is 3. The van der Waals surface area contributed by atoms with Gasteiger partial charge in [0, 0.05) is 36.2 Å². The van der Waals surface area contributed by atoms with Crippen molar-refractivity contribution in [2.75, 3.05) is 20.2 Å². The molecule has 1 heterocycles. The molecule has 1 N–H and O–H groups in total. The van der Waals surface area contributed by atoms with Crippen LogP contribution in [0.4, 0.5) is 9.18 Å². The lowest BCUT2D eigenvalue weighted by atomic mass is 9.90. The summed E-state index contributed by atoms with van der Waals surface area (Å²) in [5.74, 6) is -0.619. The first-order valence-corrected chi connectivity index (χ1v) is 11.5. The number of aromatic nitrogens is 1. The van der Waals surface area contributed by atoms with E-state index < -0.39 is 0 Å². The van der Waals surface area contributed by atoms with E-state index in [4.69, 9.17) is 4.74 Å². The smallest absolute Gasteiger partial charge is 0.325 e. The number of fused-ring (bicyclic) bond motifs is 3. The summed E-state index contributed by atoms with van der Waals surface area (Å²) in [5, 5.41) is 3.81. The van der Waals surface area contributed by atoms with Gasteiger partial charge in [0.2, 0.25) is 0 Å². The number of hydrogen-bond donors (Lipinski definition) is 1. The van der Waals surface area contributed by atoms with Gasteiger partial charge in [0.15, 0.2) is 0 Å². The van der Waals surface area contributed by atoms with E-state index in [0.717, 1.165) is 35.0 Å². The molecule has 0 fully saturated rings. The molecule has 0 radical (unpaired) electrons. The number of urea groups is 1. The number of rotatable bonds is 7. The Bertz CT molecular complexity index is 1140. The first-order valence-electron chi connectivity index (χ1n) is 11.5. The summed E-state index contributed by atoms with van der Waals surface area (Å²) in [4.78, 5) is 26.7. The van der Waals surface area contributed by atoms with Crippen LogP contribution in [-0.4, -0.2) is 47.7 Å². The Morgan fingerprint density at radius 3 is 2.76 bits per heavy atom. The summed E-state index contributed by atoms with van der Waals surface area (Å²) in [7, 11) is 1.81. The predicted molar refractivity (Wildman–Crippen MR) is 126 cm³/mol. The molecule has 2 amide bonds. The van der Waals surface area contributed by atoms with Gasteiger partial charge < -0.3 is 19.5 Å². The number of ether oxygens (including phenoxy) is 1. The zero-order chi connectivity index (χ0) is 23.4. The van der Waals surface area contributed by atoms with Crippen LogP contribution in [0.25, 0.3) is 10.9 Å². The average molecular weight is 452 g/mol. The number of benzene rings is 2. The molecule has 1 aliphatic carbocycles. The second-order valence-corrected chi connectivity index (χ2v) is 8.45. The number of amides is 2. The highest BCUT2D eigenvalue weighted by Gasteiger charge is 2.30. The van der Waals surface area contributed by atoms with Gasteiger partial charge in [-0.25, -0.2) is 9.18 Å². The molecule has 4 rings (SSSR count). The number of esters is 1. The van der Waals surface area contributed by atoms with E-state index in [2.05, 4.69) is 5.32 Å². The van der Waals surface area contributed by atoms with Gasteiger partial charge >= 0.3 is 12.0 Å². The quantitative estimate of drug-likeness (QED) is 0.551. The van der Waals surface area contributed by atoms with E-state index >= 15 is 0 Å². The van der Waals surface area contributed by atoms with Crippen molar-refractivity contribution in [3.63, 3.8) is 0 Å². The minimum Gasteiger partial charge on any atom is -0.465 e. The van der Waals surface area contributed by atoms with E-state index in [0.29, 0.717) is 26.0 Å². The van der Waals surface area contributed by atoms with Gasteiger partial charge in [-0.2, -0.15) is 0 Å². The van der Waals surface area contributed by atoms with Gasteiger partial charge in [0.05, 0.1) is 6.61 Å². The highest BCUT2D eigenvalue weighted by molar-refractivity contribution is 5.87. The average Bonchev–Trinajstić information content (AvgIpc) is 3.11. The largest absolute Gasteiger partial charge is 0.465 e. The van der Waals surface area contributed by atoms with Crippen molar-refractivity contribution in [2.45, 2.75) is 45.2 Å². The van der Waals surface area contributed by atoms with Crippen molar-refractivity contribution in [3.8, 4) is 0 Å². The van der Waals surface area contributed by atoms with Crippen LogP contribution in [0.2, 0.25) is 0 Å². The second kappa shape index (κ2) is 10.1. The molecule has 0 bridgehead atoms. The molecule has 7 heteroatoms. The highest BCUT2D eigenvalue weighted by atomic mass is 19.1. The van der Waals surface area contributed by atoms with Crippen LogP contribution in [0.15, 0.2) is 48.5 Å². The SMILES string of the molecule is CCOC(=O)Cn1c2c(c3cc(F)ccc31)C[C@@H](N(C)C(=O)NCCc1ccccc1)CC2. The van der Waals surface area contributed by atoms with Crippen molar-refractivity contribution in [2.24, 2.45) is 0 Å². The van der Waals surface area contributed by atoms with Crippen molar-refractivity contribution in [1.82, 2.24) is 14.8 Å². The fraction of sp³-hybridized carbons (Fsp3) is 0.385. The number of likely N-dealkylation sites (N-methyl/N-ethyl adjacent to an activating group) is 1. The zero-order valence-electron chi connectivity index (χ0n) is 19.1. The third-order valence-electron chi connectivity index (χ3n) is 6.40. The van der Waals surface area contributed by atoms with Gasteiger partial charge in [-0.3, -0.25) is 4.79 Å². The molecule has 174 valence electrons. The Morgan fingerprint density at radius 1 is 1.21 bits per heavy atom. The summed E-state index contributed by atoms with van der Waals surface area (Å²) in [5.41, 5.74) is 4.04. The Kier molecular flexibility index (Phi) is 6.96. The van der Waals surface area contributed by atoms with Crippen molar-refractivity contribution < 1.29 is 18.7 Å². The summed E-state index contributed by atoms with van der Waals surface area (Å²) in [6.45, 7) is 2.77. The van der Waals surface area contributed by atoms with Gasteiger partial charge in [-0.05, 0) is 61.9 Å². The van der Waals surface area contributed by atoms with Gasteiger partial charge in [-0.15, -0.1) is 0 Å². The molecule has 0 saturated heterocycles. The van der Waals surface area contributed by atoms with E-state index in [1.807, 2.05) is 41.9 Å². The fourth-order valence-electron chi connectivity index (χ4n) is 4.70. The van der Waals surface area contributed by atoms with E-state index in [1.54, 1.807) is 17.9 Å². The van der Waals surface area contributed by atoms with Gasteiger partial charge in [-0.1, -0.05) is 30.3 Å². The van der Waals surface area contributed by atoms with Crippen LogP contribution in [-0.2, 0) is 35.3 Å². The van der Waals surface area contributed by atoms with Crippen LogP contribution in [0.5, 0.6) is 0 Å². The molecule has 3 aromatic rings. The molecule has 0 saturated carbocycles. The summed E-state index contributed by atoms with van der Waals surface area (Å²) < 4.78 is 21.2. The summed E-state index contributed by atoms with van der Waals surface area (Å²) >= 11 is 0.